The first kappa shape index (κ1) is 49.9. The van der Waals surface area contributed by atoms with E-state index in [1.807, 2.05) is 72.8 Å². The zero-order valence-electron chi connectivity index (χ0n) is 39.8. The van der Waals surface area contributed by atoms with Crippen molar-refractivity contribution in [3.05, 3.63) is 181 Å². The fraction of sp³-hybridized carbons (Fsp3) is 0.233. The second-order valence-electron chi connectivity index (χ2n) is 17.1. The largest absolute Gasteiger partial charge is 0.494 e. The minimum atomic E-state index is -0.467. The van der Waals surface area contributed by atoms with Crippen molar-refractivity contribution in [2.24, 2.45) is 0 Å². The molecule has 70 heavy (non-hydrogen) atoms. The Hall–Kier alpha value is -7.98. The van der Waals surface area contributed by atoms with Gasteiger partial charge in [0.25, 0.3) is 0 Å². The van der Waals surface area contributed by atoms with E-state index >= 15 is 0 Å². The lowest BCUT2D eigenvalue weighted by Gasteiger charge is -2.18. The molecule has 0 spiro atoms. The topological polar surface area (TPSA) is 124 Å². The summed E-state index contributed by atoms with van der Waals surface area (Å²) < 4.78 is 33.6. The number of hydrogen-bond acceptors (Lipinski definition) is 10. The van der Waals surface area contributed by atoms with Crippen LogP contribution in [0.5, 0.6) is 23.0 Å². The van der Waals surface area contributed by atoms with Gasteiger partial charge in [-0.3, -0.25) is 0 Å². The number of rotatable bonds is 24. The molecule has 0 unspecified atom stereocenters. The highest BCUT2D eigenvalue weighted by atomic mass is 16.5. The number of ether oxygens (including phenoxy) is 6. The molecule has 0 N–H and O–H groups in total. The fourth-order valence-corrected chi connectivity index (χ4v) is 7.91. The number of benzene rings is 7. The highest BCUT2D eigenvalue weighted by molar-refractivity contribution is 6.21. The average molecular weight is 939 g/mol. The van der Waals surface area contributed by atoms with Gasteiger partial charge >= 0.3 is 23.9 Å². The third-order valence-corrected chi connectivity index (χ3v) is 11.6. The molecule has 0 fully saturated rings. The van der Waals surface area contributed by atoms with Crippen molar-refractivity contribution in [3.8, 4) is 45.3 Å². The van der Waals surface area contributed by atoms with Gasteiger partial charge in [0, 0.05) is 11.1 Å². The second-order valence-corrected chi connectivity index (χ2v) is 17.1. The SMILES string of the molecule is C=C(C)C(=O)OCCCCCCOc1ccc(C(=O)Oc2ccc(-c3c4ccccc4c(-c4ccc(OC(=O)c5ccc(OCCCCCCOC(=O)C(=C)C)cc5)cc4)c4ccccc34)cc2)cc1. The number of unbranched alkanes of at least 4 members (excludes halogenated alkanes) is 6. The molecule has 7 aromatic carbocycles. The monoisotopic (exact) mass is 938 g/mol. The van der Waals surface area contributed by atoms with Crippen molar-refractivity contribution >= 4 is 45.4 Å². The standard InChI is InChI=1S/C60H58O10/c1-41(2)57(61)67-39-15-7-5-13-37-65-47-29-25-45(26-30-47)59(63)69-49-33-21-43(22-34-49)55-51-17-9-11-19-53(51)56(54-20-12-10-18-52(54)55)44-23-35-50(36-24-44)70-60(64)46-27-31-48(32-28-46)66-38-14-6-8-16-40-68-58(62)42(3)4/h9-12,17-36H,1,3,5-8,13-16,37-40H2,2,4H3. The van der Waals surface area contributed by atoms with Gasteiger partial charge in [-0.2, -0.15) is 0 Å². The Kier molecular flexibility index (Phi) is 17.7. The average Bonchev–Trinajstić information content (AvgIpc) is 3.37. The van der Waals surface area contributed by atoms with Crippen LogP contribution in [0.25, 0.3) is 43.8 Å². The van der Waals surface area contributed by atoms with Gasteiger partial charge in [0.2, 0.25) is 0 Å². The van der Waals surface area contributed by atoms with Gasteiger partial charge in [-0.1, -0.05) is 86.0 Å². The zero-order chi connectivity index (χ0) is 49.2. The molecule has 0 radical (unpaired) electrons. The summed E-state index contributed by atoms with van der Waals surface area (Å²) in [4.78, 5) is 49.3. The van der Waals surface area contributed by atoms with Crippen molar-refractivity contribution in [1.82, 2.24) is 0 Å². The Balaban J connectivity index is 0.938. The van der Waals surface area contributed by atoms with Gasteiger partial charge in [-0.15, -0.1) is 0 Å². The summed E-state index contributed by atoms with van der Waals surface area (Å²) in [6.45, 7) is 12.3. The second kappa shape index (κ2) is 24.9. The van der Waals surface area contributed by atoms with E-state index < -0.39 is 11.9 Å². The normalized spacial score (nSPS) is 10.9. The van der Waals surface area contributed by atoms with Gasteiger partial charge in [0.1, 0.15) is 23.0 Å². The Morgan fingerprint density at radius 1 is 0.371 bits per heavy atom. The first-order chi connectivity index (χ1) is 34.0. The Labute approximate surface area is 409 Å². The van der Waals surface area contributed by atoms with Gasteiger partial charge in [0.15, 0.2) is 0 Å². The van der Waals surface area contributed by atoms with Crippen LogP contribution >= 0.6 is 0 Å². The summed E-state index contributed by atoms with van der Waals surface area (Å²) in [5.41, 5.74) is 5.70. The molecule has 0 aliphatic heterocycles. The van der Waals surface area contributed by atoms with Crippen LogP contribution in [0.1, 0.15) is 85.9 Å². The number of esters is 4. The van der Waals surface area contributed by atoms with Crippen molar-refractivity contribution in [1.29, 1.82) is 0 Å². The summed E-state index contributed by atoms with van der Waals surface area (Å²) in [6.07, 6.45) is 7.05. The van der Waals surface area contributed by atoms with Crippen LogP contribution in [0.3, 0.4) is 0 Å². The van der Waals surface area contributed by atoms with Crippen LogP contribution in [-0.4, -0.2) is 50.3 Å². The Morgan fingerprint density at radius 2 is 0.671 bits per heavy atom. The van der Waals surface area contributed by atoms with Crippen molar-refractivity contribution < 1.29 is 47.6 Å². The molecule has 10 heteroatoms. The van der Waals surface area contributed by atoms with Crippen LogP contribution < -0.4 is 18.9 Å². The van der Waals surface area contributed by atoms with Crippen LogP contribution in [0, 0.1) is 0 Å². The molecule has 0 aromatic heterocycles. The van der Waals surface area contributed by atoms with E-state index in [0.29, 0.717) is 71.7 Å². The molecule has 0 heterocycles. The van der Waals surface area contributed by atoms with E-state index in [9.17, 15) is 19.2 Å². The number of fused-ring (bicyclic) bond motifs is 2. The van der Waals surface area contributed by atoms with Crippen LogP contribution in [0.15, 0.2) is 170 Å². The fourth-order valence-electron chi connectivity index (χ4n) is 7.91. The Morgan fingerprint density at radius 3 is 0.986 bits per heavy atom. The maximum atomic E-state index is 13.2. The number of carbonyl (C=O) groups is 4. The van der Waals surface area contributed by atoms with Crippen molar-refractivity contribution in [3.63, 3.8) is 0 Å². The molecule has 0 saturated carbocycles. The molecule has 0 aliphatic rings. The van der Waals surface area contributed by atoms with E-state index in [0.717, 1.165) is 95.2 Å². The molecular formula is C60H58O10. The maximum Gasteiger partial charge on any atom is 0.343 e. The van der Waals surface area contributed by atoms with E-state index in [2.05, 4.69) is 37.4 Å². The predicted octanol–water partition coefficient (Wildman–Crippen LogP) is 13.9. The summed E-state index contributed by atoms with van der Waals surface area (Å²) in [5.74, 6) is 0.550. The third kappa shape index (κ3) is 13.6. The number of carbonyl (C=O) groups excluding carboxylic acids is 4. The molecule has 0 aliphatic carbocycles. The smallest absolute Gasteiger partial charge is 0.343 e. The molecule has 7 aromatic rings. The Bertz CT molecular complexity index is 2680. The van der Waals surface area contributed by atoms with Crippen LogP contribution in [0.4, 0.5) is 0 Å². The lowest BCUT2D eigenvalue weighted by molar-refractivity contribution is -0.139. The zero-order valence-corrected chi connectivity index (χ0v) is 39.8. The molecular weight excluding hydrogens is 881 g/mol. The molecule has 0 amide bonds. The highest BCUT2D eigenvalue weighted by Gasteiger charge is 2.18. The molecule has 0 bridgehead atoms. The lowest BCUT2D eigenvalue weighted by atomic mass is 9.86. The summed E-state index contributed by atoms with van der Waals surface area (Å²) >= 11 is 0. The molecule has 10 nitrogen and oxygen atoms in total. The van der Waals surface area contributed by atoms with E-state index in [1.54, 1.807) is 62.4 Å². The van der Waals surface area contributed by atoms with Gasteiger partial charge in [-0.25, -0.2) is 19.2 Å². The molecule has 0 saturated heterocycles. The van der Waals surface area contributed by atoms with Gasteiger partial charge in [-0.05, 0) is 182 Å². The third-order valence-electron chi connectivity index (χ3n) is 11.6. The first-order valence-corrected chi connectivity index (χ1v) is 23.8. The lowest BCUT2D eigenvalue weighted by Crippen LogP contribution is -2.08. The summed E-state index contributed by atoms with van der Waals surface area (Å²) in [5, 5.41) is 4.25. The van der Waals surface area contributed by atoms with E-state index in [4.69, 9.17) is 28.4 Å². The number of hydrogen-bond donors (Lipinski definition) is 0. The minimum Gasteiger partial charge on any atom is -0.494 e. The van der Waals surface area contributed by atoms with E-state index in [-0.39, 0.29) is 11.9 Å². The predicted molar refractivity (Wildman–Crippen MR) is 275 cm³/mol. The highest BCUT2D eigenvalue weighted by Crippen LogP contribution is 2.44. The summed E-state index contributed by atoms with van der Waals surface area (Å²) in [7, 11) is 0. The summed E-state index contributed by atoms with van der Waals surface area (Å²) in [6, 6.07) is 45.6. The van der Waals surface area contributed by atoms with Crippen LogP contribution in [0.2, 0.25) is 0 Å². The van der Waals surface area contributed by atoms with Crippen molar-refractivity contribution in [2.75, 3.05) is 26.4 Å². The molecule has 358 valence electrons. The van der Waals surface area contributed by atoms with Gasteiger partial charge < -0.3 is 28.4 Å². The quantitative estimate of drug-likeness (QED) is 0.0190. The first-order valence-electron chi connectivity index (χ1n) is 23.8. The van der Waals surface area contributed by atoms with Crippen LogP contribution in [-0.2, 0) is 19.1 Å². The maximum absolute atomic E-state index is 13.2. The molecule has 7 rings (SSSR count). The van der Waals surface area contributed by atoms with Crippen molar-refractivity contribution in [2.45, 2.75) is 65.2 Å². The van der Waals surface area contributed by atoms with E-state index in [1.165, 1.54) is 0 Å². The molecule has 0 atom stereocenters. The van der Waals surface area contributed by atoms with Gasteiger partial charge in [0.05, 0.1) is 37.6 Å². The minimum absolute atomic E-state index is 0.355.